The van der Waals surface area contributed by atoms with Gasteiger partial charge in [0.2, 0.25) is 0 Å². The van der Waals surface area contributed by atoms with Crippen LogP contribution in [0.15, 0.2) is 0 Å². The highest BCUT2D eigenvalue weighted by molar-refractivity contribution is 7.47. The molecule has 0 aromatic rings. The Labute approximate surface area is 267 Å². The van der Waals surface area contributed by atoms with Crippen molar-refractivity contribution in [3.05, 3.63) is 0 Å². The van der Waals surface area contributed by atoms with E-state index in [0.29, 0.717) is 12.8 Å². The summed E-state index contributed by atoms with van der Waals surface area (Å²) in [6.07, 6.45) is 22.3. The van der Waals surface area contributed by atoms with E-state index in [0.717, 1.165) is 38.5 Å². The van der Waals surface area contributed by atoms with Gasteiger partial charge in [0.25, 0.3) is 0 Å². The molecular weight excluding hydrogens is 587 g/mol. The Morgan fingerprint density at radius 1 is 0.523 bits per heavy atom. The number of ether oxygens (including phenoxy) is 2. The zero-order chi connectivity index (χ0) is 32.7. The van der Waals surface area contributed by atoms with Crippen LogP contribution < -0.4 is 0 Å². The maximum absolute atomic E-state index is 12.2. The number of aliphatic hydroxyl groups excluding tert-OH is 2. The first-order valence-corrected chi connectivity index (χ1v) is 19.0. The third kappa shape index (κ3) is 28.4. The largest absolute Gasteiger partial charge is 0.472 e. The lowest BCUT2D eigenvalue weighted by Gasteiger charge is -2.20. The molecule has 0 saturated carbocycles. The van der Waals surface area contributed by atoms with E-state index >= 15 is 0 Å². The van der Waals surface area contributed by atoms with E-state index in [1.165, 1.54) is 83.5 Å². The fourth-order valence-corrected chi connectivity index (χ4v) is 5.60. The number of phosphoric acid groups is 1. The highest BCUT2D eigenvalue weighted by Crippen LogP contribution is 2.43. The predicted molar refractivity (Wildman–Crippen MR) is 173 cm³/mol. The summed E-state index contributed by atoms with van der Waals surface area (Å²) in [7, 11) is -4.61. The molecule has 0 aliphatic rings. The van der Waals surface area contributed by atoms with Gasteiger partial charge in [0.05, 0.1) is 26.4 Å². The minimum atomic E-state index is -4.61. The summed E-state index contributed by atoms with van der Waals surface area (Å²) in [6, 6.07) is 0. The fraction of sp³-hybridized carbons (Fsp3) is 0.939. The quantitative estimate of drug-likeness (QED) is 0.0362. The van der Waals surface area contributed by atoms with Crippen LogP contribution >= 0.6 is 7.82 Å². The van der Waals surface area contributed by atoms with Crippen LogP contribution in [-0.2, 0) is 32.7 Å². The molecule has 10 nitrogen and oxygen atoms in total. The van der Waals surface area contributed by atoms with Gasteiger partial charge in [-0.1, -0.05) is 136 Å². The van der Waals surface area contributed by atoms with Crippen LogP contribution in [0.2, 0.25) is 0 Å². The average molecular weight is 653 g/mol. The summed E-state index contributed by atoms with van der Waals surface area (Å²) in [5.41, 5.74) is 0. The van der Waals surface area contributed by atoms with E-state index < -0.39 is 58.4 Å². The Kier molecular flexibility index (Phi) is 29.9. The van der Waals surface area contributed by atoms with Crippen molar-refractivity contribution in [3.8, 4) is 0 Å². The molecule has 3 unspecified atom stereocenters. The lowest BCUT2D eigenvalue weighted by Crippen LogP contribution is -2.28. The Hall–Kier alpha value is -1.03. The van der Waals surface area contributed by atoms with Gasteiger partial charge in [-0.05, 0) is 12.8 Å². The van der Waals surface area contributed by atoms with Crippen LogP contribution in [0.25, 0.3) is 0 Å². The normalized spacial score (nSPS) is 14.2. The van der Waals surface area contributed by atoms with Gasteiger partial charge in [0.15, 0.2) is 0 Å². The van der Waals surface area contributed by atoms with Gasteiger partial charge in [-0.2, -0.15) is 0 Å². The number of carbonyl (C=O) groups excluding carboxylic acids is 2. The molecule has 0 aliphatic heterocycles. The SMILES string of the molecule is CCCCCCCCCCCCCC(=O)OC(CO)COP(=O)(O)OCC(CO)OC(=O)CCCCCCCCCCCC. The monoisotopic (exact) mass is 652 g/mol. The van der Waals surface area contributed by atoms with Crippen LogP contribution in [0.1, 0.15) is 162 Å². The van der Waals surface area contributed by atoms with Crippen LogP contribution in [0.3, 0.4) is 0 Å². The van der Waals surface area contributed by atoms with Gasteiger partial charge >= 0.3 is 19.8 Å². The number of esters is 2. The molecule has 11 heteroatoms. The molecular formula is C33H65O10P. The molecule has 0 aromatic carbocycles. The molecule has 0 saturated heterocycles. The minimum Gasteiger partial charge on any atom is -0.457 e. The van der Waals surface area contributed by atoms with E-state index in [9.17, 15) is 29.3 Å². The molecule has 0 aliphatic carbocycles. The van der Waals surface area contributed by atoms with Gasteiger partial charge in [0.1, 0.15) is 12.2 Å². The second-order valence-electron chi connectivity index (χ2n) is 11.9. The highest BCUT2D eigenvalue weighted by atomic mass is 31.2. The first kappa shape index (κ1) is 43.0. The molecule has 262 valence electrons. The Morgan fingerprint density at radius 3 is 1.07 bits per heavy atom. The van der Waals surface area contributed by atoms with Gasteiger partial charge < -0.3 is 24.6 Å². The molecule has 0 amide bonds. The van der Waals surface area contributed by atoms with Crippen molar-refractivity contribution in [1.29, 1.82) is 0 Å². The zero-order valence-corrected chi connectivity index (χ0v) is 28.8. The molecule has 0 aromatic heterocycles. The summed E-state index contributed by atoms with van der Waals surface area (Å²) in [4.78, 5) is 34.2. The summed E-state index contributed by atoms with van der Waals surface area (Å²) >= 11 is 0. The molecule has 0 fully saturated rings. The van der Waals surface area contributed by atoms with E-state index in [1.54, 1.807) is 0 Å². The first-order chi connectivity index (χ1) is 21.3. The van der Waals surface area contributed by atoms with Crippen LogP contribution in [0, 0.1) is 0 Å². The molecule has 0 rings (SSSR count). The van der Waals surface area contributed by atoms with Crippen molar-refractivity contribution < 1.29 is 47.8 Å². The van der Waals surface area contributed by atoms with Crippen molar-refractivity contribution in [1.82, 2.24) is 0 Å². The lowest BCUT2D eigenvalue weighted by atomic mass is 10.1. The zero-order valence-electron chi connectivity index (χ0n) is 27.9. The third-order valence-corrected chi connectivity index (χ3v) is 8.52. The second-order valence-corrected chi connectivity index (χ2v) is 13.3. The number of hydrogen-bond donors (Lipinski definition) is 3. The number of aliphatic hydroxyl groups is 2. The summed E-state index contributed by atoms with van der Waals surface area (Å²) < 4.78 is 32.3. The van der Waals surface area contributed by atoms with E-state index in [4.69, 9.17) is 18.5 Å². The second kappa shape index (κ2) is 30.6. The minimum absolute atomic E-state index is 0.197. The molecule has 0 spiro atoms. The molecule has 3 N–H and O–H groups in total. The van der Waals surface area contributed by atoms with Crippen LogP contribution in [0.5, 0.6) is 0 Å². The van der Waals surface area contributed by atoms with Crippen molar-refractivity contribution in [2.75, 3.05) is 26.4 Å². The number of rotatable bonds is 33. The topological polar surface area (TPSA) is 149 Å². The molecule has 0 heterocycles. The maximum Gasteiger partial charge on any atom is 0.472 e. The number of phosphoric ester groups is 1. The van der Waals surface area contributed by atoms with E-state index in [-0.39, 0.29) is 12.8 Å². The van der Waals surface area contributed by atoms with Gasteiger partial charge in [-0.25, -0.2) is 4.57 Å². The van der Waals surface area contributed by atoms with Crippen molar-refractivity contribution in [2.45, 2.75) is 174 Å². The number of hydrogen-bond acceptors (Lipinski definition) is 9. The van der Waals surface area contributed by atoms with Crippen LogP contribution in [-0.4, -0.2) is 65.7 Å². The first-order valence-electron chi connectivity index (χ1n) is 17.5. The fourth-order valence-electron chi connectivity index (χ4n) is 4.82. The van der Waals surface area contributed by atoms with Gasteiger partial charge in [0, 0.05) is 12.8 Å². The standard InChI is InChI=1S/C33H65O10P/c1-3-5-7-9-11-13-15-17-19-21-23-25-33(37)43-31(27-35)29-41-44(38,39)40-28-30(26-34)42-32(36)24-22-20-18-16-14-12-10-8-6-4-2/h30-31,34-35H,3-29H2,1-2H3,(H,38,39). The smallest absolute Gasteiger partial charge is 0.457 e. The average Bonchev–Trinajstić information content (AvgIpc) is 3.01. The predicted octanol–water partition coefficient (Wildman–Crippen LogP) is 7.94. The van der Waals surface area contributed by atoms with Crippen LogP contribution in [0.4, 0.5) is 0 Å². The highest BCUT2D eigenvalue weighted by Gasteiger charge is 2.27. The number of carbonyl (C=O) groups is 2. The van der Waals surface area contributed by atoms with Crippen molar-refractivity contribution >= 4 is 19.8 Å². The van der Waals surface area contributed by atoms with Crippen molar-refractivity contribution in [3.63, 3.8) is 0 Å². The number of unbranched alkanes of at least 4 members (excludes halogenated alkanes) is 19. The van der Waals surface area contributed by atoms with Gasteiger partial charge in [-0.3, -0.25) is 18.6 Å². The Morgan fingerprint density at radius 2 is 0.795 bits per heavy atom. The Bertz CT molecular complexity index is 721. The summed E-state index contributed by atoms with van der Waals surface area (Å²) in [5.74, 6) is -1.02. The summed E-state index contributed by atoms with van der Waals surface area (Å²) in [6.45, 7) is 2.17. The lowest BCUT2D eigenvalue weighted by molar-refractivity contribution is -0.153. The summed E-state index contributed by atoms with van der Waals surface area (Å²) in [5, 5.41) is 19.0. The molecule has 0 radical (unpaired) electrons. The van der Waals surface area contributed by atoms with E-state index in [1.807, 2.05) is 0 Å². The maximum atomic E-state index is 12.2. The third-order valence-electron chi connectivity index (χ3n) is 7.57. The molecule has 0 bridgehead atoms. The molecule has 3 atom stereocenters. The van der Waals surface area contributed by atoms with Crippen molar-refractivity contribution in [2.24, 2.45) is 0 Å². The van der Waals surface area contributed by atoms with E-state index in [2.05, 4.69) is 13.8 Å². The Balaban J connectivity index is 4.02. The molecule has 44 heavy (non-hydrogen) atoms. The van der Waals surface area contributed by atoms with Gasteiger partial charge in [-0.15, -0.1) is 0 Å².